The van der Waals surface area contributed by atoms with Gasteiger partial charge in [-0.15, -0.1) is 0 Å². The lowest BCUT2D eigenvalue weighted by Crippen LogP contribution is -2.49. The fraction of sp³-hybridized carbons (Fsp3) is 0.121. The number of hydrogen-bond acceptors (Lipinski definition) is 4. The molecular formula is C33H23ClN2O3. The largest absolute Gasteiger partial charge is 0.358 e. The molecule has 3 aliphatic heterocycles. The molecule has 3 aliphatic rings. The quantitative estimate of drug-likeness (QED) is 0.313. The van der Waals surface area contributed by atoms with Crippen LogP contribution < -0.4 is 5.32 Å². The summed E-state index contributed by atoms with van der Waals surface area (Å²) in [5.74, 6) is -1.76. The number of carbonyl (C=O) groups is 3. The monoisotopic (exact) mass is 530 g/mol. The van der Waals surface area contributed by atoms with E-state index in [0.717, 1.165) is 16.7 Å². The molecule has 1 amide bonds. The third-order valence-electron chi connectivity index (χ3n) is 8.31. The first-order valence-corrected chi connectivity index (χ1v) is 13.2. The number of rotatable bonds is 4. The molecule has 1 spiro atoms. The second-order valence-corrected chi connectivity index (χ2v) is 10.6. The Kier molecular flexibility index (Phi) is 5.32. The topological polar surface area (TPSA) is 66.5 Å². The zero-order chi connectivity index (χ0) is 26.7. The van der Waals surface area contributed by atoms with Crippen molar-refractivity contribution in [3.63, 3.8) is 0 Å². The molecule has 1 saturated heterocycles. The van der Waals surface area contributed by atoms with E-state index in [0.29, 0.717) is 21.8 Å². The van der Waals surface area contributed by atoms with E-state index in [4.69, 9.17) is 11.6 Å². The van der Waals surface area contributed by atoms with Gasteiger partial charge < -0.3 is 10.2 Å². The zero-order valence-corrected chi connectivity index (χ0v) is 21.5. The Labute approximate surface area is 230 Å². The molecule has 1 N–H and O–H groups in total. The maximum atomic E-state index is 14.7. The van der Waals surface area contributed by atoms with Crippen molar-refractivity contribution in [2.45, 2.75) is 17.5 Å². The number of nitrogens with zero attached hydrogens (tertiary/aromatic N) is 1. The van der Waals surface area contributed by atoms with Crippen LogP contribution in [0.15, 0.2) is 109 Å². The van der Waals surface area contributed by atoms with Crippen LogP contribution in [0.5, 0.6) is 0 Å². The summed E-state index contributed by atoms with van der Waals surface area (Å²) in [6, 6.07) is 29.6. The normalized spacial score (nSPS) is 24.2. The van der Waals surface area contributed by atoms with Crippen molar-refractivity contribution in [3.05, 3.63) is 142 Å². The van der Waals surface area contributed by atoms with Crippen molar-refractivity contribution >= 4 is 40.8 Å². The van der Waals surface area contributed by atoms with Crippen LogP contribution in [0.3, 0.4) is 0 Å². The molecule has 0 radical (unpaired) electrons. The van der Waals surface area contributed by atoms with E-state index >= 15 is 0 Å². The van der Waals surface area contributed by atoms with Gasteiger partial charge in [0.2, 0.25) is 5.91 Å². The Morgan fingerprint density at radius 2 is 1.44 bits per heavy atom. The number of ketones is 2. The summed E-state index contributed by atoms with van der Waals surface area (Å²) in [5, 5.41) is 3.57. The van der Waals surface area contributed by atoms with Gasteiger partial charge in [-0.25, -0.2) is 0 Å². The minimum Gasteiger partial charge on any atom is -0.358 e. The summed E-state index contributed by atoms with van der Waals surface area (Å²) >= 11 is 6.15. The Morgan fingerprint density at radius 3 is 2.23 bits per heavy atom. The van der Waals surface area contributed by atoms with Crippen LogP contribution in [0.2, 0.25) is 5.02 Å². The molecule has 39 heavy (non-hydrogen) atoms. The fourth-order valence-electron chi connectivity index (χ4n) is 6.73. The molecule has 6 heteroatoms. The molecule has 1 fully saturated rings. The van der Waals surface area contributed by atoms with Gasteiger partial charge in [-0.05, 0) is 53.1 Å². The van der Waals surface area contributed by atoms with E-state index in [2.05, 4.69) is 5.32 Å². The molecule has 0 bridgehead atoms. The summed E-state index contributed by atoms with van der Waals surface area (Å²) in [7, 11) is 0. The third kappa shape index (κ3) is 3.30. The summed E-state index contributed by atoms with van der Waals surface area (Å²) in [6.45, 7) is 0. The molecule has 0 unspecified atom stereocenters. The SMILES string of the molecule is O=C(c1ccccc1)[C@@H]1[C@@H](C(=O)c2ccc(Cl)cc2)[C@@]2(C(=O)Nc3ccccc32)[C@H]2c3ccccc3C=CN12. The predicted octanol–water partition coefficient (Wildman–Crippen LogP) is 6.32. The van der Waals surface area contributed by atoms with E-state index in [1.807, 2.05) is 83.9 Å². The number of para-hydroxylation sites is 1. The van der Waals surface area contributed by atoms with Gasteiger partial charge in [0, 0.05) is 28.0 Å². The van der Waals surface area contributed by atoms with E-state index in [-0.39, 0.29) is 17.5 Å². The molecule has 7 rings (SSSR count). The molecule has 4 atom stereocenters. The third-order valence-corrected chi connectivity index (χ3v) is 8.56. The van der Waals surface area contributed by atoms with Crippen LogP contribution in [-0.4, -0.2) is 28.4 Å². The number of nitrogens with one attached hydrogen (secondary N) is 1. The summed E-state index contributed by atoms with van der Waals surface area (Å²) in [5.41, 5.74) is 2.81. The number of anilines is 1. The molecule has 0 saturated carbocycles. The number of carbonyl (C=O) groups excluding carboxylic acids is 3. The van der Waals surface area contributed by atoms with Crippen LogP contribution in [0.1, 0.15) is 43.4 Å². The highest BCUT2D eigenvalue weighted by Gasteiger charge is 2.70. The first-order valence-electron chi connectivity index (χ1n) is 12.9. The number of hydrogen-bond donors (Lipinski definition) is 1. The number of benzene rings is 4. The maximum Gasteiger partial charge on any atom is 0.238 e. The molecule has 3 heterocycles. The van der Waals surface area contributed by atoms with Gasteiger partial charge in [-0.3, -0.25) is 14.4 Å². The number of halogens is 1. The van der Waals surface area contributed by atoms with Gasteiger partial charge in [0.05, 0.1) is 12.0 Å². The van der Waals surface area contributed by atoms with E-state index < -0.39 is 23.4 Å². The van der Waals surface area contributed by atoms with Gasteiger partial charge in [0.1, 0.15) is 11.5 Å². The van der Waals surface area contributed by atoms with E-state index in [1.165, 1.54) is 0 Å². The average Bonchev–Trinajstić information content (AvgIpc) is 3.45. The molecule has 4 aromatic carbocycles. The fourth-order valence-corrected chi connectivity index (χ4v) is 6.86. The van der Waals surface area contributed by atoms with Gasteiger partial charge in [-0.2, -0.15) is 0 Å². The van der Waals surface area contributed by atoms with Crippen LogP contribution in [0.4, 0.5) is 5.69 Å². The van der Waals surface area contributed by atoms with Crippen LogP contribution in [0.25, 0.3) is 6.08 Å². The van der Waals surface area contributed by atoms with Crippen LogP contribution in [-0.2, 0) is 10.2 Å². The molecule has 4 aromatic rings. The van der Waals surface area contributed by atoms with Crippen molar-refractivity contribution < 1.29 is 14.4 Å². The summed E-state index contributed by atoms with van der Waals surface area (Å²) < 4.78 is 0. The number of amides is 1. The minimum atomic E-state index is -1.34. The van der Waals surface area contributed by atoms with Crippen molar-refractivity contribution in [2.24, 2.45) is 5.92 Å². The molecule has 0 aromatic heterocycles. The Morgan fingerprint density at radius 1 is 0.769 bits per heavy atom. The second-order valence-electron chi connectivity index (χ2n) is 10.2. The minimum absolute atomic E-state index is 0.203. The predicted molar refractivity (Wildman–Crippen MR) is 151 cm³/mol. The second kappa shape index (κ2) is 8.79. The first-order chi connectivity index (χ1) is 19.0. The van der Waals surface area contributed by atoms with Gasteiger partial charge in [0.15, 0.2) is 11.6 Å². The molecular weight excluding hydrogens is 508 g/mol. The van der Waals surface area contributed by atoms with Gasteiger partial charge in [-0.1, -0.05) is 84.4 Å². The van der Waals surface area contributed by atoms with Gasteiger partial charge >= 0.3 is 0 Å². The van der Waals surface area contributed by atoms with Crippen molar-refractivity contribution in [1.29, 1.82) is 0 Å². The molecule has 190 valence electrons. The van der Waals surface area contributed by atoms with Crippen LogP contribution in [0, 0.1) is 5.92 Å². The average molecular weight is 531 g/mol. The van der Waals surface area contributed by atoms with Crippen molar-refractivity contribution in [2.75, 3.05) is 5.32 Å². The van der Waals surface area contributed by atoms with E-state index in [1.54, 1.807) is 36.4 Å². The lowest BCUT2D eigenvalue weighted by Gasteiger charge is -2.38. The Bertz CT molecular complexity index is 1680. The van der Waals surface area contributed by atoms with E-state index in [9.17, 15) is 14.4 Å². The smallest absolute Gasteiger partial charge is 0.238 e. The highest BCUT2D eigenvalue weighted by Crippen LogP contribution is 2.62. The zero-order valence-electron chi connectivity index (χ0n) is 20.8. The lowest BCUT2D eigenvalue weighted by atomic mass is 9.62. The maximum absolute atomic E-state index is 14.7. The Balaban J connectivity index is 1.54. The van der Waals surface area contributed by atoms with Crippen molar-refractivity contribution in [1.82, 2.24) is 4.90 Å². The Hall–Kier alpha value is -4.48. The molecule has 0 aliphatic carbocycles. The van der Waals surface area contributed by atoms with Crippen LogP contribution >= 0.6 is 11.6 Å². The molecule has 5 nitrogen and oxygen atoms in total. The first kappa shape index (κ1) is 23.6. The van der Waals surface area contributed by atoms with Gasteiger partial charge in [0.25, 0.3) is 0 Å². The lowest BCUT2D eigenvalue weighted by molar-refractivity contribution is -0.122. The van der Waals surface area contributed by atoms with Crippen molar-refractivity contribution in [3.8, 4) is 0 Å². The number of Topliss-reactive ketones (excluding diaryl/α,β-unsaturated/α-hetero) is 2. The summed E-state index contributed by atoms with van der Waals surface area (Å²) in [6.07, 6.45) is 3.84. The summed E-state index contributed by atoms with van der Waals surface area (Å²) in [4.78, 5) is 45.4. The highest BCUT2D eigenvalue weighted by molar-refractivity contribution is 6.30. The highest BCUT2D eigenvalue weighted by atomic mass is 35.5. The number of fused-ring (bicyclic) bond motifs is 6. The standard InChI is InChI=1S/C33H23ClN2O3/c34-23-16-14-22(15-17-23)29(37)27-28(30(38)21-9-2-1-3-10-21)36-19-18-20-8-4-5-11-24(20)31(36)33(27)25-12-6-7-13-26(25)35-32(33)39/h1-19,27-28,31H,(H,35,39)/t27-,28-,31+,33+/m0/s1.